The fourth-order valence-electron chi connectivity index (χ4n) is 11.5. The van der Waals surface area contributed by atoms with Crippen LogP contribution in [0.5, 0.6) is 5.75 Å². The van der Waals surface area contributed by atoms with Crippen molar-refractivity contribution in [2.75, 3.05) is 11.9 Å². The number of alkyl halides is 1. The van der Waals surface area contributed by atoms with Crippen LogP contribution in [0.2, 0.25) is 0 Å². The van der Waals surface area contributed by atoms with Crippen LogP contribution < -0.4 is 4.74 Å². The summed E-state index contributed by atoms with van der Waals surface area (Å²) < 4.78 is 5.95. The summed E-state index contributed by atoms with van der Waals surface area (Å²) in [5.74, 6) is 6.14. The molecule has 0 aromatic heterocycles. The Morgan fingerprint density at radius 1 is 0.891 bits per heavy atom. The Hall–Kier alpha value is -1.29. The lowest BCUT2D eigenvalue weighted by atomic mass is 9.43. The van der Waals surface area contributed by atoms with Gasteiger partial charge in [0.05, 0.1) is 6.61 Å². The Labute approximate surface area is 290 Å². The number of carboxylic acid groups (broad SMARTS) is 1. The summed E-state index contributed by atoms with van der Waals surface area (Å²) in [7, 11) is 0. The fourth-order valence-corrected chi connectivity index (χ4v) is 11.9. The van der Waals surface area contributed by atoms with Crippen molar-refractivity contribution < 1.29 is 14.6 Å². The molecule has 4 aliphatic rings. The molecule has 0 amide bonds. The second-order valence-corrected chi connectivity index (χ2v) is 17.9. The third-order valence-electron chi connectivity index (χ3n) is 14.1. The summed E-state index contributed by atoms with van der Waals surface area (Å²) in [6.45, 7) is 13.4. The average Bonchev–Trinajstić information content (AvgIpc) is 3.39. The Morgan fingerprint density at radius 3 is 2.33 bits per heavy atom. The van der Waals surface area contributed by atoms with E-state index in [0.29, 0.717) is 22.3 Å². The number of hydrogen-bond donors (Lipinski definition) is 1. The number of aliphatic carboxylic acids is 1. The largest absolute Gasteiger partial charge is 0.494 e. The zero-order valence-electron chi connectivity index (χ0n) is 29.9. The number of halogens is 1. The average molecular weight is 698 g/mol. The number of ether oxygens (including phenoxy) is 1. The van der Waals surface area contributed by atoms with E-state index in [-0.39, 0.29) is 5.92 Å². The first kappa shape index (κ1) is 36.0. The van der Waals surface area contributed by atoms with Crippen molar-refractivity contribution in [2.24, 2.45) is 58.2 Å². The molecule has 2 unspecified atom stereocenters. The van der Waals surface area contributed by atoms with E-state index in [9.17, 15) is 9.90 Å². The summed E-state index contributed by atoms with van der Waals surface area (Å²) in [6, 6.07) is 8.06. The van der Waals surface area contributed by atoms with E-state index in [0.717, 1.165) is 78.0 Å². The van der Waals surface area contributed by atoms with E-state index in [1.165, 1.54) is 83.5 Å². The number of rotatable bonds is 15. The minimum Gasteiger partial charge on any atom is -0.494 e. The highest BCUT2D eigenvalue weighted by atomic mass is 79.9. The molecule has 4 saturated carbocycles. The van der Waals surface area contributed by atoms with Crippen molar-refractivity contribution in [1.82, 2.24) is 0 Å². The van der Waals surface area contributed by atoms with Gasteiger partial charge in [0.25, 0.3) is 0 Å². The van der Waals surface area contributed by atoms with Gasteiger partial charge in [-0.1, -0.05) is 94.8 Å². The molecule has 46 heavy (non-hydrogen) atoms. The third kappa shape index (κ3) is 7.94. The molecule has 0 spiro atoms. The molecule has 4 heteroatoms. The topological polar surface area (TPSA) is 46.5 Å². The van der Waals surface area contributed by atoms with Gasteiger partial charge in [0.1, 0.15) is 5.75 Å². The highest BCUT2D eigenvalue weighted by Gasteiger charge is 2.60. The van der Waals surface area contributed by atoms with Crippen molar-refractivity contribution in [3.63, 3.8) is 0 Å². The standard InChI is InChI=1S/C42H65BrO3/c1-29(2)11-10-12-30(3)37-19-20-38-35-18-15-33-28-32(21-23-41(33,4)39(35)22-24-42(37,38)5)36(40(44)45)27-31-13-16-34(17-14-31)46-26-9-7-6-8-25-43/h13-14,16-17,27,29-30,32-33,35,37-39H,6-12,15,18-26,28H2,1-5H3,(H,44,45)/t30-,32?,33?,35+,37-,38+,39+,41+,42-/m1/s1. The van der Waals surface area contributed by atoms with E-state index in [2.05, 4.69) is 50.5 Å². The number of hydrogen-bond acceptors (Lipinski definition) is 2. The van der Waals surface area contributed by atoms with Crippen molar-refractivity contribution >= 4 is 28.0 Å². The Balaban J connectivity index is 1.20. The highest BCUT2D eigenvalue weighted by Crippen LogP contribution is 2.69. The molecule has 1 N–H and O–H groups in total. The molecule has 1 aromatic rings. The van der Waals surface area contributed by atoms with Gasteiger partial charge in [0.15, 0.2) is 0 Å². The summed E-state index contributed by atoms with van der Waals surface area (Å²) in [6.07, 6.45) is 22.5. The van der Waals surface area contributed by atoms with E-state index in [1.54, 1.807) is 0 Å². The van der Waals surface area contributed by atoms with Crippen LogP contribution in [-0.2, 0) is 4.79 Å². The molecule has 0 heterocycles. The molecule has 0 radical (unpaired) electrons. The second kappa shape index (κ2) is 15.9. The number of carboxylic acids is 1. The Bertz CT molecular complexity index is 1160. The van der Waals surface area contributed by atoms with Crippen LogP contribution >= 0.6 is 15.9 Å². The van der Waals surface area contributed by atoms with Gasteiger partial charge in [-0.05, 0) is 153 Å². The zero-order valence-corrected chi connectivity index (χ0v) is 31.5. The first-order valence-electron chi connectivity index (χ1n) is 19.3. The van der Waals surface area contributed by atoms with Gasteiger partial charge >= 0.3 is 5.97 Å². The van der Waals surface area contributed by atoms with Crippen molar-refractivity contribution in [2.45, 2.75) is 137 Å². The quantitative estimate of drug-likeness (QED) is 0.113. The van der Waals surface area contributed by atoms with E-state index < -0.39 is 5.97 Å². The first-order chi connectivity index (χ1) is 22.1. The molecule has 9 atom stereocenters. The summed E-state index contributed by atoms with van der Waals surface area (Å²) in [5, 5.41) is 11.5. The van der Waals surface area contributed by atoms with Crippen LogP contribution in [0.4, 0.5) is 0 Å². The van der Waals surface area contributed by atoms with Gasteiger partial charge in [-0.25, -0.2) is 4.79 Å². The summed E-state index contributed by atoms with van der Waals surface area (Å²) >= 11 is 3.49. The molecule has 0 aliphatic heterocycles. The van der Waals surface area contributed by atoms with Crippen molar-refractivity contribution in [1.29, 1.82) is 0 Å². The van der Waals surface area contributed by atoms with Gasteiger partial charge < -0.3 is 9.84 Å². The monoisotopic (exact) mass is 696 g/mol. The molecule has 258 valence electrons. The lowest BCUT2D eigenvalue weighted by Gasteiger charge is -2.61. The smallest absolute Gasteiger partial charge is 0.331 e. The molecule has 0 saturated heterocycles. The van der Waals surface area contributed by atoms with Crippen LogP contribution in [-0.4, -0.2) is 23.0 Å². The Kier molecular flexibility index (Phi) is 12.5. The SMILES string of the molecule is CC(C)CCC[C@@H](C)[C@H]1CC[C@H]2[C@@H]3CCC4CC(C(=Cc5ccc(OCCCCCCBr)cc5)C(=O)O)CC[C@]4(C)[C@H]3CC[C@]12C. The van der Waals surface area contributed by atoms with Gasteiger partial charge in [-0.3, -0.25) is 0 Å². The Morgan fingerprint density at radius 2 is 1.61 bits per heavy atom. The van der Waals surface area contributed by atoms with Gasteiger partial charge in [0.2, 0.25) is 0 Å². The lowest BCUT2D eigenvalue weighted by Crippen LogP contribution is -2.53. The first-order valence-corrected chi connectivity index (χ1v) is 20.4. The van der Waals surface area contributed by atoms with Gasteiger partial charge in [0, 0.05) is 10.9 Å². The fraction of sp³-hybridized carbons (Fsp3) is 0.786. The maximum Gasteiger partial charge on any atom is 0.331 e. The lowest BCUT2D eigenvalue weighted by molar-refractivity contribution is -0.135. The molecule has 5 rings (SSSR count). The predicted octanol–water partition coefficient (Wildman–Crippen LogP) is 12.2. The summed E-state index contributed by atoms with van der Waals surface area (Å²) in [4.78, 5) is 12.6. The van der Waals surface area contributed by atoms with Crippen LogP contribution in [0.15, 0.2) is 29.8 Å². The van der Waals surface area contributed by atoms with Crippen LogP contribution in [0.3, 0.4) is 0 Å². The van der Waals surface area contributed by atoms with Gasteiger partial charge in [-0.15, -0.1) is 0 Å². The minimum atomic E-state index is -0.737. The molecule has 0 bridgehead atoms. The van der Waals surface area contributed by atoms with Crippen molar-refractivity contribution in [3.8, 4) is 5.75 Å². The maximum absolute atomic E-state index is 12.6. The van der Waals surface area contributed by atoms with Crippen LogP contribution in [0, 0.1) is 58.2 Å². The molecular weight excluding hydrogens is 632 g/mol. The number of fused-ring (bicyclic) bond motifs is 5. The number of benzene rings is 1. The van der Waals surface area contributed by atoms with E-state index >= 15 is 0 Å². The maximum atomic E-state index is 12.6. The normalized spacial score (nSPS) is 34.9. The van der Waals surface area contributed by atoms with Crippen LogP contribution in [0.25, 0.3) is 6.08 Å². The predicted molar refractivity (Wildman–Crippen MR) is 196 cm³/mol. The van der Waals surface area contributed by atoms with E-state index in [4.69, 9.17) is 4.74 Å². The van der Waals surface area contributed by atoms with E-state index in [1.807, 2.05) is 30.3 Å². The van der Waals surface area contributed by atoms with Crippen molar-refractivity contribution in [3.05, 3.63) is 35.4 Å². The number of unbranched alkanes of at least 4 members (excludes halogenated alkanes) is 3. The van der Waals surface area contributed by atoms with Crippen LogP contribution in [0.1, 0.15) is 143 Å². The zero-order chi connectivity index (χ0) is 32.9. The minimum absolute atomic E-state index is 0.152. The molecular formula is C42H65BrO3. The van der Waals surface area contributed by atoms with Gasteiger partial charge in [-0.2, -0.15) is 0 Å². The highest BCUT2D eigenvalue weighted by molar-refractivity contribution is 9.09. The second-order valence-electron chi connectivity index (χ2n) is 17.1. The molecule has 4 fully saturated rings. The third-order valence-corrected chi connectivity index (χ3v) is 14.6. The molecule has 3 nitrogen and oxygen atoms in total. The number of carbonyl (C=O) groups is 1. The summed E-state index contributed by atoms with van der Waals surface area (Å²) in [5.41, 5.74) is 2.50. The molecule has 1 aromatic carbocycles. The molecule has 4 aliphatic carbocycles.